The molecule has 0 radical (unpaired) electrons. The van der Waals surface area contributed by atoms with Gasteiger partial charge in [0.2, 0.25) is 0 Å². The number of carbonyl (C=O) groups is 1. The summed E-state index contributed by atoms with van der Waals surface area (Å²) in [5.74, 6) is -0.710. The number of methoxy groups -OCH3 is 1. The van der Waals surface area contributed by atoms with Crippen LogP contribution in [-0.4, -0.2) is 17.6 Å². The molecule has 0 aliphatic rings. The Kier molecular flexibility index (Phi) is 3.84. The summed E-state index contributed by atoms with van der Waals surface area (Å²) in [4.78, 5) is 11.9. The van der Waals surface area contributed by atoms with Gasteiger partial charge >= 0.3 is 5.97 Å². The van der Waals surface area contributed by atoms with E-state index in [1.54, 1.807) is 18.2 Å². The molecule has 0 spiro atoms. The second-order valence-electron chi connectivity index (χ2n) is 4.02. The maximum absolute atomic E-state index is 11.9. The summed E-state index contributed by atoms with van der Waals surface area (Å²) in [5, 5.41) is 18.5. The van der Waals surface area contributed by atoms with Crippen LogP contribution in [0.3, 0.4) is 0 Å². The number of hydrogen-bond acceptors (Lipinski definition) is 5. The van der Waals surface area contributed by atoms with Crippen LogP contribution in [0.15, 0.2) is 24.4 Å². The zero-order valence-electron chi connectivity index (χ0n) is 10.9. The van der Waals surface area contributed by atoms with Gasteiger partial charge < -0.3 is 15.0 Å². The number of nitriles is 2. The first-order chi connectivity index (χ1) is 10.0. The predicted octanol–water partition coefficient (Wildman–Crippen LogP) is 2.24. The quantitative estimate of drug-likeness (QED) is 0.856. The molecule has 2 N–H and O–H groups in total. The van der Waals surface area contributed by atoms with Crippen LogP contribution in [0.5, 0.6) is 0 Å². The maximum atomic E-state index is 11.9. The van der Waals surface area contributed by atoms with E-state index >= 15 is 0 Å². The van der Waals surface area contributed by atoms with E-state index in [-0.39, 0.29) is 27.5 Å². The monoisotopic (exact) mass is 300 g/mol. The Balaban J connectivity index is 2.83. The largest absolute Gasteiger partial charge is 0.464 e. The Morgan fingerprint density at radius 3 is 2.67 bits per heavy atom. The van der Waals surface area contributed by atoms with E-state index < -0.39 is 5.97 Å². The highest BCUT2D eigenvalue weighted by Gasteiger charge is 2.23. The smallest absolute Gasteiger partial charge is 0.357 e. The normalized spacial score (nSPS) is 9.71. The van der Waals surface area contributed by atoms with Gasteiger partial charge in [-0.1, -0.05) is 17.7 Å². The molecule has 1 heterocycles. The molecule has 0 amide bonds. The van der Waals surface area contributed by atoms with Crippen molar-refractivity contribution in [3.05, 3.63) is 46.2 Å². The third kappa shape index (κ3) is 2.29. The van der Waals surface area contributed by atoms with Crippen LogP contribution < -0.4 is 5.73 Å². The van der Waals surface area contributed by atoms with Crippen molar-refractivity contribution in [2.75, 3.05) is 12.8 Å². The molecule has 0 unspecified atom stereocenters. The average molecular weight is 301 g/mol. The highest BCUT2D eigenvalue weighted by atomic mass is 35.5. The fourth-order valence-electron chi connectivity index (χ4n) is 1.93. The van der Waals surface area contributed by atoms with Crippen molar-refractivity contribution in [1.82, 2.24) is 4.57 Å². The van der Waals surface area contributed by atoms with Gasteiger partial charge in [0.05, 0.1) is 34.6 Å². The Bertz CT molecular complexity index is 812. The number of aromatic nitrogens is 1. The molecule has 0 aliphatic carbocycles. The summed E-state index contributed by atoms with van der Waals surface area (Å²) < 4.78 is 6.01. The molecule has 2 rings (SSSR count). The number of rotatable bonds is 2. The van der Waals surface area contributed by atoms with Crippen molar-refractivity contribution in [3.8, 4) is 17.8 Å². The molecule has 21 heavy (non-hydrogen) atoms. The third-order valence-corrected chi connectivity index (χ3v) is 3.22. The first-order valence-corrected chi connectivity index (χ1v) is 6.11. The number of esters is 1. The summed E-state index contributed by atoms with van der Waals surface area (Å²) in [6, 6.07) is 8.63. The van der Waals surface area contributed by atoms with E-state index in [1.165, 1.54) is 17.9 Å². The van der Waals surface area contributed by atoms with Crippen LogP contribution >= 0.6 is 11.6 Å². The van der Waals surface area contributed by atoms with Crippen LogP contribution in [0, 0.1) is 22.7 Å². The topological polar surface area (TPSA) is 105 Å². The van der Waals surface area contributed by atoms with Crippen LogP contribution in [0.4, 0.5) is 5.69 Å². The number of halogens is 1. The number of carbonyl (C=O) groups excluding carboxylic acids is 1. The first-order valence-electron chi connectivity index (χ1n) is 5.73. The molecule has 0 fully saturated rings. The molecule has 0 saturated heterocycles. The summed E-state index contributed by atoms with van der Waals surface area (Å²) in [6.45, 7) is 0. The molecular weight excluding hydrogens is 292 g/mol. The highest BCUT2D eigenvalue weighted by Crippen LogP contribution is 2.29. The lowest BCUT2D eigenvalue weighted by Crippen LogP contribution is -2.12. The van der Waals surface area contributed by atoms with E-state index in [1.807, 2.05) is 12.1 Å². The van der Waals surface area contributed by atoms with Gasteiger partial charge in [-0.3, -0.25) is 0 Å². The van der Waals surface area contributed by atoms with E-state index in [9.17, 15) is 10.1 Å². The molecule has 6 nitrogen and oxygen atoms in total. The van der Waals surface area contributed by atoms with Crippen molar-refractivity contribution in [2.24, 2.45) is 0 Å². The Morgan fingerprint density at radius 1 is 1.38 bits per heavy atom. The number of nitrogens with two attached hydrogens (primary N) is 1. The lowest BCUT2D eigenvalue weighted by molar-refractivity contribution is 0.0593. The molecule has 1 aromatic heterocycles. The van der Waals surface area contributed by atoms with Gasteiger partial charge in [-0.2, -0.15) is 10.5 Å². The van der Waals surface area contributed by atoms with Crippen molar-refractivity contribution < 1.29 is 9.53 Å². The van der Waals surface area contributed by atoms with Gasteiger partial charge in [-0.05, 0) is 12.1 Å². The van der Waals surface area contributed by atoms with Crippen molar-refractivity contribution in [2.45, 2.75) is 0 Å². The second kappa shape index (κ2) is 5.58. The van der Waals surface area contributed by atoms with Gasteiger partial charge in [0.25, 0.3) is 0 Å². The zero-order valence-corrected chi connectivity index (χ0v) is 11.7. The standard InChI is InChI=1S/C14H9ClN4O2/c1-21-14(20)13-12(18)8(5-16)7-19(13)11-4-2-3-10(15)9(11)6-17/h2-4,7H,18H2,1H3. The fraction of sp³-hybridized carbons (Fsp3) is 0.0714. The second-order valence-corrected chi connectivity index (χ2v) is 4.43. The van der Waals surface area contributed by atoms with E-state index in [2.05, 4.69) is 4.74 Å². The summed E-state index contributed by atoms with van der Waals surface area (Å²) >= 11 is 5.98. The average Bonchev–Trinajstić information content (AvgIpc) is 2.82. The molecule has 1 aromatic carbocycles. The highest BCUT2D eigenvalue weighted by molar-refractivity contribution is 6.32. The maximum Gasteiger partial charge on any atom is 0.357 e. The van der Waals surface area contributed by atoms with Crippen LogP contribution in [0.25, 0.3) is 5.69 Å². The van der Waals surface area contributed by atoms with Gasteiger partial charge in [0, 0.05) is 6.20 Å². The fourth-order valence-corrected chi connectivity index (χ4v) is 2.14. The van der Waals surface area contributed by atoms with Crippen molar-refractivity contribution >= 4 is 23.3 Å². The third-order valence-electron chi connectivity index (χ3n) is 2.91. The molecular formula is C14H9ClN4O2. The van der Waals surface area contributed by atoms with Crippen LogP contribution in [-0.2, 0) is 4.74 Å². The summed E-state index contributed by atoms with van der Waals surface area (Å²) in [6.07, 6.45) is 1.37. The Labute approximate surface area is 125 Å². The number of nitrogen functional groups attached to an aromatic ring is 1. The molecule has 7 heteroatoms. The van der Waals surface area contributed by atoms with Gasteiger partial charge in [-0.15, -0.1) is 0 Å². The Hall–Kier alpha value is -2.96. The molecule has 0 bridgehead atoms. The lowest BCUT2D eigenvalue weighted by Gasteiger charge is -2.10. The van der Waals surface area contributed by atoms with Crippen LogP contribution in [0.2, 0.25) is 5.02 Å². The minimum absolute atomic E-state index is 0.00628. The number of anilines is 1. The molecule has 104 valence electrons. The van der Waals surface area contributed by atoms with E-state index in [0.29, 0.717) is 5.69 Å². The molecule has 0 saturated carbocycles. The lowest BCUT2D eigenvalue weighted by atomic mass is 10.2. The summed E-state index contributed by atoms with van der Waals surface area (Å²) in [7, 11) is 1.20. The molecule has 2 aromatic rings. The van der Waals surface area contributed by atoms with Gasteiger partial charge in [0.15, 0.2) is 5.69 Å². The Morgan fingerprint density at radius 2 is 2.10 bits per heavy atom. The van der Waals surface area contributed by atoms with Crippen molar-refractivity contribution in [3.63, 3.8) is 0 Å². The molecule has 0 atom stereocenters. The van der Waals surface area contributed by atoms with E-state index in [4.69, 9.17) is 22.6 Å². The van der Waals surface area contributed by atoms with Gasteiger partial charge in [0.1, 0.15) is 12.1 Å². The SMILES string of the molecule is COC(=O)c1c(N)c(C#N)cn1-c1cccc(Cl)c1C#N. The van der Waals surface area contributed by atoms with Gasteiger partial charge in [-0.25, -0.2) is 4.79 Å². The number of ether oxygens (including phenoxy) is 1. The number of nitrogens with zero attached hydrogens (tertiary/aromatic N) is 3. The summed E-state index contributed by atoms with van der Waals surface area (Å²) in [5.41, 5.74) is 6.40. The zero-order chi connectivity index (χ0) is 15.6. The first kappa shape index (κ1) is 14.4. The molecule has 0 aliphatic heterocycles. The minimum Gasteiger partial charge on any atom is -0.464 e. The minimum atomic E-state index is -0.710. The predicted molar refractivity (Wildman–Crippen MR) is 76.0 cm³/mol. The number of benzene rings is 1. The van der Waals surface area contributed by atoms with E-state index in [0.717, 1.165) is 0 Å². The number of hydrogen-bond donors (Lipinski definition) is 1. The van der Waals surface area contributed by atoms with Crippen molar-refractivity contribution in [1.29, 1.82) is 10.5 Å². The van der Waals surface area contributed by atoms with Crippen LogP contribution in [0.1, 0.15) is 21.6 Å².